The summed E-state index contributed by atoms with van der Waals surface area (Å²) in [4.78, 5) is 32.0. The molecule has 0 saturated heterocycles. The number of hydrogen-bond donors (Lipinski definition) is 2. The summed E-state index contributed by atoms with van der Waals surface area (Å²) >= 11 is 1.59. The minimum Gasteiger partial charge on any atom is -0.507 e. The Morgan fingerprint density at radius 3 is 3.03 bits per heavy atom. The zero-order valence-corrected chi connectivity index (χ0v) is 17.1. The fraction of sp³-hybridized carbons (Fsp3) is 0.333. The van der Waals surface area contributed by atoms with E-state index in [9.17, 15) is 14.7 Å². The first-order valence-corrected chi connectivity index (χ1v) is 10.4. The number of hydrazone groups is 1. The maximum absolute atomic E-state index is 13.1. The quantitative estimate of drug-likeness (QED) is 0.510. The molecule has 8 heteroatoms. The van der Waals surface area contributed by atoms with E-state index in [4.69, 9.17) is 0 Å². The van der Waals surface area contributed by atoms with E-state index in [0.717, 1.165) is 29.7 Å². The first-order chi connectivity index (χ1) is 14.0. The van der Waals surface area contributed by atoms with Gasteiger partial charge in [-0.05, 0) is 49.8 Å². The molecule has 29 heavy (non-hydrogen) atoms. The van der Waals surface area contributed by atoms with Crippen molar-refractivity contribution in [1.29, 1.82) is 0 Å². The van der Waals surface area contributed by atoms with E-state index >= 15 is 0 Å². The number of nitrogens with zero attached hydrogens (tertiary/aromatic N) is 3. The van der Waals surface area contributed by atoms with Crippen molar-refractivity contribution in [1.82, 2.24) is 15.0 Å². The molecule has 2 atom stereocenters. The molecule has 1 aliphatic carbocycles. The molecule has 4 rings (SSSR count). The largest absolute Gasteiger partial charge is 0.507 e. The van der Waals surface area contributed by atoms with Gasteiger partial charge in [0.15, 0.2) is 0 Å². The Balaban J connectivity index is 1.57. The molecule has 2 N–H and O–H groups in total. The van der Waals surface area contributed by atoms with Crippen LogP contribution in [0.15, 0.2) is 40.5 Å². The maximum atomic E-state index is 13.1. The van der Waals surface area contributed by atoms with Crippen molar-refractivity contribution in [3.05, 3.63) is 57.0 Å². The SMILES string of the molecule is C[C@@H]1CCc2c(sc3ncn([C@@H](C)C(=O)N/N=C\c4ccccc4O)c(=O)c23)C1. The molecular weight excluding hydrogens is 388 g/mol. The molecule has 0 unspecified atom stereocenters. The van der Waals surface area contributed by atoms with Gasteiger partial charge in [-0.2, -0.15) is 5.10 Å². The van der Waals surface area contributed by atoms with Crippen LogP contribution in [0.5, 0.6) is 5.75 Å². The molecule has 1 aliphatic rings. The summed E-state index contributed by atoms with van der Waals surface area (Å²) in [5, 5.41) is 14.3. The third-order valence-corrected chi connectivity index (χ3v) is 6.52. The molecule has 7 nitrogen and oxygen atoms in total. The number of aromatic nitrogens is 2. The summed E-state index contributed by atoms with van der Waals surface area (Å²) < 4.78 is 1.36. The van der Waals surface area contributed by atoms with Gasteiger partial charge in [0.1, 0.15) is 16.6 Å². The van der Waals surface area contributed by atoms with Crippen LogP contribution in [-0.4, -0.2) is 26.8 Å². The summed E-state index contributed by atoms with van der Waals surface area (Å²) in [5.41, 5.74) is 3.83. The monoisotopic (exact) mass is 410 g/mol. The van der Waals surface area contributed by atoms with Crippen LogP contribution in [0.25, 0.3) is 10.2 Å². The number of aryl methyl sites for hydroxylation is 1. The third kappa shape index (κ3) is 3.67. The molecule has 150 valence electrons. The molecule has 3 aromatic rings. The lowest BCUT2D eigenvalue weighted by Gasteiger charge is -2.18. The standard InChI is InChI=1S/C21H22N4O3S/c1-12-7-8-15-17(9-12)29-20-18(15)21(28)25(11-22-20)13(2)19(27)24-23-10-14-5-3-4-6-16(14)26/h3-6,10-13,26H,7-9H2,1-2H3,(H,24,27)/b23-10-/t12-,13+/m1/s1. The first kappa shape index (κ1) is 19.3. The zero-order chi connectivity index (χ0) is 20.5. The van der Waals surface area contributed by atoms with Crippen LogP contribution < -0.4 is 11.0 Å². The minimum atomic E-state index is -0.765. The number of nitrogens with one attached hydrogen (secondary N) is 1. The van der Waals surface area contributed by atoms with Gasteiger partial charge in [-0.1, -0.05) is 19.1 Å². The molecule has 0 fully saturated rings. The van der Waals surface area contributed by atoms with Crippen LogP contribution >= 0.6 is 11.3 Å². The highest BCUT2D eigenvalue weighted by molar-refractivity contribution is 7.18. The van der Waals surface area contributed by atoms with Gasteiger partial charge in [0.25, 0.3) is 11.5 Å². The predicted octanol–water partition coefficient (Wildman–Crippen LogP) is 3.00. The molecule has 1 aromatic carbocycles. The van der Waals surface area contributed by atoms with Gasteiger partial charge in [-0.3, -0.25) is 14.2 Å². The second-order valence-electron chi connectivity index (χ2n) is 7.46. The Labute approximate surface area is 171 Å². The van der Waals surface area contributed by atoms with Gasteiger partial charge in [-0.25, -0.2) is 10.4 Å². The summed E-state index contributed by atoms with van der Waals surface area (Å²) in [6.45, 7) is 3.86. The highest BCUT2D eigenvalue weighted by Crippen LogP contribution is 2.35. The number of aromatic hydroxyl groups is 1. The van der Waals surface area contributed by atoms with Gasteiger partial charge in [0.2, 0.25) is 0 Å². The minimum absolute atomic E-state index is 0.0703. The van der Waals surface area contributed by atoms with E-state index in [-0.39, 0.29) is 11.3 Å². The average molecular weight is 410 g/mol. The highest BCUT2D eigenvalue weighted by atomic mass is 32.1. The van der Waals surface area contributed by atoms with Crippen LogP contribution in [0.1, 0.15) is 42.3 Å². The van der Waals surface area contributed by atoms with E-state index in [1.54, 1.807) is 36.5 Å². The molecular formula is C21H22N4O3S. The van der Waals surface area contributed by atoms with Crippen LogP contribution in [0, 0.1) is 5.92 Å². The third-order valence-electron chi connectivity index (χ3n) is 5.35. The molecule has 0 bridgehead atoms. The molecule has 0 spiro atoms. The van der Waals surface area contributed by atoms with Crippen molar-refractivity contribution in [2.24, 2.45) is 11.0 Å². The molecule has 0 aliphatic heterocycles. The Morgan fingerprint density at radius 2 is 2.24 bits per heavy atom. The number of carbonyl (C=O) groups is 1. The van der Waals surface area contributed by atoms with Crippen LogP contribution in [0.2, 0.25) is 0 Å². The molecule has 1 amide bonds. The lowest BCUT2D eigenvalue weighted by Crippen LogP contribution is -2.34. The summed E-state index contributed by atoms with van der Waals surface area (Å²) in [6, 6.07) is 5.91. The number of para-hydroxylation sites is 1. The van der Waals surface area contributed by atoms with Crippen molar-refractivity contribution in [2.75, 3.05) is 0 Å². The van der Waals surface area contributed by atoms with E-state index in [2.05, 4.69) is 22.4 Å². The second kappa shape index (κ2) is 7.79. The average Bonchev–Trinajstić information content (AvgIpc) is 3.07. The van der Waals surface area contributed by atoms with Gasteiger partial charge in [0, 0.05) is 10.4 Å². The lowest BCUT2D eigenvalue weighted by molar-refractivity contribution is -0.123. The maximum Gasteiger partial charge on any atom is 0.263 e. The van der Waals surface area contributed by atoms with Crippen LogP contribution in [0.4, 0.5) is 0 Å². The normalized spacial score (nSPS) is 17.4. The van der Waals surface area contributed by atoms with Gasteiger partial charge >= 0.3 is 0 Å². The molecule has 0 saturated carbocycles. The number of phenols is 1. The fourth-order valence-electron chi connectivity index (χ4n) is 3.60. The Bertz CT molecular complexity index is 1160. The van der Waals surface area contributed by atoms with Crippen molar-refractivity contribution in [3.8, 4) is 5.75 Å². The Morgan fingerprint density at radius 1 is 1.45 bits per heavy atom. The zero-order valence-electron chi connectivity index (χ0n) is 16.3. The van der Waals surface area contributed by atoms with Crippen molar-refractivity contribution in [2.45, 2.75) is 39.2 Å². The summed E-state index contributed by atoms with van der Waals surface area (Å²) in [6.07, 6.45) is 5.72. The van der Waals surface area contributed by atoms with Crippen molar-refractivity contribution >= 4 is 33.7 Å². The predicted molar refractivity (Wildman–Crippen MR) is 114 cm³/mol. The van der Waals surface area contributed by atoms with E-state index < -0.39 is 11.9 Å². The number of hydrogen-bond acceptors (Lipinski definition) is 6. The van der Waals surface area contributed by atoms with Crippen molar-refractivity contribution in [3.63, 3.8) is 0 Å². The van der Waals surface area contributed by atoms with Crippen LogP contribution in [-0.2, 0) is 17.6 Å². The van der Waals surface area contributed by atoms with E-state index in [1.165, 1.54) is 28.1 Å². The molecule has 2 aromatic heterocycles. The summed E-state index contributed by atoms with van der Waals surface area (Å²) in [5.74, 6) is 0.253. The van der Waals surface area contributed by atoms with Crippen molar-refractivity contribution < 1.29 is 9.90 Å². The summed E-state index contributed by atoms with van der Waals surface area (Å²) in [7, 11) is 0. The number of carbonyl (C=O) groups excluding carboxylic acids is 1. The number of phenolic OH excluding ortho intramolecular Hbond substituents is 1. The number of rotatable bonds is 4. The lowest BCUT2D eigenvalue weighted by atomic mass is 9.89. The number of benzene rings is 1. The van der Waals surface area contributed by atoms with Gasteiger partial charge < -0.3 is 5.11 Å². The van der Waals surface area contributed by atoms with E-state index in [1.807, 2.05) is 0 Å². The molecule has 2 heterocycles. The smallest absolute Gasteiger partial charge is 0.263 e. The number of fused-ring (bicyclic) bond motifs is 3. The highest BCUT2D eigenvalue weighted by Gasteiger charge is 2.25. The number of thiophene rings is 1. The van der Waals surface area contributed by atoms with Gasteiger partial charge in [0.05, 0.1) is 17.9 Å². The topological polar surface area (TPSA) is 96.6 Å². The van der Waals surface area contributed by atoms with Gasteiger partial charge in [-0.15, -0.1) is 11.3 Å². The number of amides is 1. The van der Waals surface area contributed by atoms with E-state index in [0.29, 0.717) is 16.9 Å². The first-order valence-electron chi connectivity index (χ1n) is 9.58. The Hall–Kier alpha value is -3.00. The fourth-order valence-corrected chi connectivity index (χ4v) is 4.94. The molecule has 0 radical (unpaired) electrons. The Kier molecular flexibility index (Phi) is 5.19. The second-order valence-corrected chi connectivity index (χ2v) is 8.54. The van der Waals surface area contributed by atoms with Crippen LogP contribution in [0.3, 0.4) is 0 Å².